The van der Waals surface area contributed by atoms with Crippen molar-refractivity contribution in [2.45, 2.75) is 47.1 Å². The van der Waals surface area contributed by atoms with Gasteiger partial charge in [0.05, 0.1) is 19.3 Å². The number of nitrogens with zero attached hydrogens (tertiary/aromatic N) is 3. The molecule has 0 aliphatic rings. The fraction of sp³-hybridized carbons (Fsp3) is 0.500. The van der Waals surface area contributed by atoms with Crippen molar-refractivity contribution in [3.8, 4) is 0 Å². The van der Waals surface area contributed by atoms with Crippen molar-refractivity contribution in [2.24, 2.45) is 11.8 Å². The van der Waals surface area contributed by atoms with Gasteiger partial charge in [-0.3, -0.25) is 4.79 Å². The van der Waals surface area contributed by atoms with Gasteiger partial charge < -0.3 is 10.1 Å². The Morgan fingerprint density at radius 1 is 1.15 bits per heavy atom. The summed E-state index contributed by atoms with van der Waals surface area (Å²) in [4.78, 5) is 24.1. The third-order valence-electron chi connectivity index (χ3n) is 3.99. The van der Waals surface area contributed by atoms with Crippen molar-refractivity contribution >= 4 is 12.0 Å². The number of aromatic nitrogens is 3. The largest absolute Gasteiger partial charge is 0.451 e. The fourth-order valence-corrected chi connectivity index (χ4v) is 2.54. The second kappa shape index (κ2) is 11.1. The molecule has 7 nitrogen and oxygen atoms in total. The number of carbonyl (C=O) groups excluding carboxylic acids is 2. The zero-order valence-corrected chi connectivity index (χ0v) is 17.0. The maximum Gasteiger partial charge on any atom is 0.435 e. The van der Waals surface area contributed by atoms with Gasteiger partial charge in [0.1, 0.15) is 5.69 Å². The molecule has 0 bridgehead atoms. The average Bonchev–Trinajstić information content (AvgIpc) is 3.17. The van der Waals surface area contributed by atoms with Crippen LogP contribution in [0.3, 0.4) is 0 Å². The molecule has 0 unspecified atom stereocenters. The Bertz CT molecular complexity index is 713. The van der Waals surface area contributed by atoms with Crippen LogP contribution in [-0.2, 0) is 16.0 Å². The third kappa shape index (κ3) is 6.51. The molecule has 0 aliphatic carbocycles. The number of nitrogens with one attached hydrogen (secondary N) is 1. The Hall–Kier alpha value is -2.70. The summed E-state index contributed by atoms with van der Waals surface area (Å²) in [6.07, 6.45) is 1.52. The number of rotatable bonds is 6. The topological polar surface area (TPSA) is 86.1 Å². The van der Waals surface area contributed by atoms with Crippen LogP contribution in [0, 0.1) is 11.8 Å². The number of ether oxygens (including phenoxy) is 1. The molecule has 0 fully saturated rings. The van der Waals surface area contributed by atoms with Crippen molar-refractivity contribution in [3.63, 3.8) is 0 Å². The summed E-state index contributed by atoms with van der Waals surface area (Å²) in [7, 11) is 1.27. The Morgan fingerprint density at radius 3 is 2.33 bits per heavy atom. The number of hydrogen-bond donors (Lipinski definition) is 1. The minimum atomic E-state index is -0.620. The highest BCUT2D eigenvalue weighted by Crippen LogP contribution is 2.20. The lowest BCUT2D eigenvalue weighted by Gasteiger charge is -2.22. The van der Waals surface area contributed by atoms with Crippen LogP contribution < -0.4 is 5.32 Å². The lowest BCUT2D eigenvalue weighted by Crippen LogP contribution is -2.36. The van der Waals surface area contributed by atoms with E-state index in [9.17, 15) is 9.59 Å². The third-order valence-corrected chi connectivity index (χ3v) is 3.99. The van der Waals surface area contributed by atoms with Gasteiger partial charge in [-0.1, -0.05) is 70.2 Å². The first kappa shape index (κ1) is 22.3. The molecule has 2 atom stereocenters. The molecule has 0 spiro atoms. The molecular weight excluding hydrogens is 344 g/mol. The number of carbonyl (C=O) groups is 2. The van der Waals surface area contributed by atoms with Gasteiger partial charge in [0.25, 0.3) is 0 Å². The Labute approximate surface area is 161 Å². The van der Waals surface area contributed by atoms with E-state index in [1.807, 2.05) is 65.0 Å². The lowest BCUT2D eigenvalue weighted by atomic mass is 9.97. The molecule has 0 saturated heterocycles. The standard InChI is InChI=1S/C18H24N4O3.C2H6/c1-12(2)16(15-11-22(21-20-15)18(24)25-4)19-17(23)13(3)10-14-8-6-5-7-9-14;1-2/h5-9,11-13,16H,10H2,1-4H3,(H,19,23);1-2H3/t13-,16+;/m1./s1. The molecule has 2 rings (SSSR count). The van der Waals surface area contributed by atoms with Crippen molar-refractivity contribution in [1.82, 2.24) is 20.3 Å². The summed E-state index contributed by atoms with van der Waals surface area (Å²) in [6.45, 7) is 9.85. The summed E-state index contributed by atoms with van der Waals surface area (Å²) in [5.41, 5.74) is 1.64. The number of benzene rings is 1. The highest BCUT2D eigenvalue weighted by atomic mass is 16.5. The minimum Gasteiger partial charge on any atom is -0.451 e. The monoisotopic (exact) mass is 374 g/mol. The van der Waals surface area contributed by atoms with Crippen LogP contribution in [0.2, 0.25) is 0 Å². The summed E-state index contributed by atoms with van der Waals surface area (Å²) in [6, 6.07) is 9.55. The van der Waals surface area contributed by atoms with E-state index in [1.54, 1.807) is 0 Å². The normalized spacial score (nSPS) is 12.6. The molecule has 7 heteroatoms. The van der Waals surface area contributed by atoms with Crippen LogP contribution in [0.25, 0.3) is 0 Å². The van der Waals surface area contributed by atoms with E-state index in [2.05, 4.69) is 20.4 Å². The maximum absolute atomic E-state index is 12.6. The van der Waals surface area contributed by atoms with Crippen LogP contribution in [-0.4, -0.2) is 34.1 Å². The molecule has 2 aromatic rings. The summed E-state index contributed by atoms with van der Waals surface area (Å²) in [5.74, 6) is -0.148. The van der Waals surface area contributed by atoms with Crippen LogP contribution in [0.15, 0.2) is 36.5 Å². The molecule has 1 N–H and O–H groups in total. The highest BCUT2D eigenvalue weighted by molar-refractivity contribution is 5.79. The van der Waals surface area contributed by atoms with Gasteiger partial charge in [0, 0.05) is 5.92 Å². The zero-order chi connectivity index (χ0) is 20.4. The van der Waals surface area contributed by atoms with Crippen LogP contribution in [0.5, 0.6) is 0 Å². The van der Waals surface area contributed by atoms with E-state index in [-0.39, 0.29) is 23.8 Å². The number of hydrogen-bond acceptors (Lipinski definition) is 5. The number of methoxy groups -OCH3 is 1. The molecule has 1 aromatic heterocycles. The molecule has 1 heterocycles. The van der Waals surface area contributed by atoms with E-state index in [0.29, 0.717) is 12.1 Å². The van der Waals surface area contributed by atoms with E-state index in [1.165, 1.54) is 13.3 Å². The van der Waals surface area contributed by atoms with Gasteiger partial charge in [-0.2, -0.15) is 4.68 Å². The summed E-state index contributed by atoms with van der Waals surface area (Å²) in [5, 5.41) is 10.8. The zero-order valence-electron chi connectivity index (χ0n) is 17.0. The van der Waals surface area contributed by atoms with Crippen molar-refractivity contribution in [2.75, 3.05) is 7.11 Å². The van der Waals surface area contributed by atoms with Gasteiger partial charge in [-0.15, -0.1) is 5.10 Å². The summed E-state index contributed by atoms with van der Waals surface area (Å²) < 4.78 is 5.63. The number of amides is 1. The second-order valence-corrected chi connectivity index (χ2v) is 6.38. The Balaban J connectivity index is 0.00000176. The molecule has 27 heavy (non-hydrogen) atoms. The Morgan fingerprint density at radius 2 is 1.78 bits per heavy atom. The van der Waals surface area contributed by atoms with Gasteiger partial charge in [0.2, 0.25) is 5.91 Å². The SMILES string of the molecule is CC.COC(=O)n1cc([C@@H](NC(=O)[C@H](C)Cc2ccccc2)C(C)C)nn1. The first-order valence-electron chi connectivity index (χ1n) is 9.27. The second-order valence-electron chi connectivity index (χ2n) is 6.38. The predicted octanol–water partition coefficient (Wildman–Crippen LogP) is 3.61. The van der Waals surface area contributed by atoms with E-state index < -0.39 is 6.09 Å². The van der Waals surface area contributed by atoms with E-state index in [0.717, 1.165) is 10.2 Å². The summed E-state index contributed by atoms with van der Waals surface area (Å²) >= 11 is 0. The van der Waals surface area contributed by atoms with Crippen LogP contribution in [0.1, 0.15) is 51.9 Å². The fourth-order valence-electron chi connectivity index (χ4n) is 2.54. The van der Waals surface area contributed by atoms with Gasteiger partial charge in [0.15, 0.2) is 0 Å². The average molecular weight is 374 g/mol. The van der Waals surface area contributed by atoms with Gasteiger partial charge >= 0.3 is 6.09 Å². The smallest absolute Gasteiger partial charge is 0.435 e. The van der Waals surface area contributed by atoms with Crippen molar-refractivity contribution in [3.05, 3.63) is 47.8 Å². The quantitative estimate of drug-likeness (QED) is 0.835. The maximum atomic E-state index is 12.6. The van der Waals surface area contributed by atoms with Crippen molar-refractivity contribution < 1.29 is 14.3 Å². The first-order valence-corrected chi connectivity index (χ1v) is 9.27. The predicted molar refractivity (Wildman–Crippen MR) is 104 cm³/mol. The van der Waals surface area contributed by atoms with Gasteiger partial charge in [-0.05, 0) is 17.9 Å². The van der Waals surface area contributed by atoms with Crippen LogP contribution in [0.4, 0.5) is 4.79 Å². The van der Waals surface area contributed by atoms with Gasteiger partial charge in [-0.25, -0.2) is 4.79 Å². The molecule has 0 saturated carbocycles. The van der Waals surface area contributed by atoms with E-state index >= 15 is 0 Å². The minimum absolute atomic E-state index is 0.0600. The molecule has 148 valence electrons. The molecular formula is C20H30N4O3. The molecule has 1 amide bonds. The molecule has 0 radical (unpaired) electrons. The first-order chi connectivity index (χ1) is 12.9. The van der Waals surface area contributed by atoms with Crippen LogP contribution >= 0.6 is 0 Å². The highest BCUT2D eigenvalue weighted by Gasteiger charge is 2.25. The van der Waals surface area contributed by atoms with Crippen molar-refractivity contribution in [1.29, 1.82) is 0 Å². The molecule has 1 aromatic carbocycles. The Kier molecular flexibility index (Phi) is 9.19. The van der Waals surface area contributed by atoms with E-state index in [4.69, 9.17) is 0 Å². The lowest BCUT2D eigenvalue weighted by molar-refractivity contribution is -0.125. The molecule has 0 aliphatic heterocycles.